The number of nitrogens with one attached hydrogen (secondary N) is 2. The molecule has 1 saturated heterocycles. The predicted molar refractivity (Wildman–Crippen MR) is 124 cm³/mol. The summed E-state index contributed by atoms with van der Waals surface area (Å²) in [6, 6.07) is 19.6. The fourth-order valence-electron chi connectivity index (χ4n) is 4.14. The molecule has 1 aliphatic rings. The lowest BCUT2D eigenvalue weighted by Gasteiger charge is -2.10. The van der Waals surface area contributed by atoms with Gasteiger partial charge in [0.2, 0.25) is 0 Å². The van der Waals surface area contributed by atoms with Crippen molar-refractivity contribution in [1.82, 2.24) is 20.1 Å². The maximum Gasteiger partial charge on any atom is 0.254 e. The molecule has 32 heavy (non-hydrogen) atoms. The van der Waals surface area contributed by atoms with E-state index in [4.69, 9.17) is 14.6 Å². The Kier molecular flexibility index (Phi) is 5.75. The molecule has 0 amide bonds. The van der Waals surface area contributed by atoms with Crippen LogP contribution < -0.4 is 15.6 Å². The van der Waals surface area contributed by atoms with Crippen molar-refractivity contribution in [3.05, 3.63) is 76.6 Å². The van der Waals surface area contributed by atoms with E-state index in [1.807, 2.05) is 60.7 Å². The second kappa shape index (κ2) is 8.98. The third-order valence-corrected chi connectivity index (χ3v) is 5.84. The Balaban J connectivity index is 1.56. The molecule has 7 heteroatoms. The molecule has 7 nitrogen and oxygen atoms in total. The zero-order chi connectivity index (χ0) is 21.9. The molecular weight excluding hydrogens is 404 g/mol. The molecule has 1 fully saturated rings. The van der Waals surface area contributed by atoms with Gasteiger partial charge in [0, 0.05) is 36.2 Å². The number of rotatable bonds is 7. The molecule has 3 heterocycles. The van der Waals surface area contributed by atoms with E-state index in [0.29, 0.717) is 17.8 Å². The van der Waals surface area contributed by atoms with Crippen LogP contribution >= 0.6 is 0 Å². The molecule has 1 unspecified atom stereocenters. The van der Waals surface area contributed by atoms with Crippen LogP contribution in [0.2, 0.25) is 0 Å². The van der Waals surface area contributed by atoms with Gasteiger partial charge in [-0.05, 0) is 55.3 Å². The number of H-pyrrole nitrogens is 1. The largest absolute Gasteiger partial charge is 0.497 e. The van der Waals surface area contributed by atoms with E-state index in [0.717, 1.165) is 54.1 Å². The second-order valence-corrected chi connectivity index (χ2v) is 7.98. The van der Waals surface area contributed by atoms with E-state index in [1.165, 1.54) is 0 Å². The van der Waals surface area contributed by atoms with Crippen molar-refractivity contribution in [3.8, 4) is 22.7 Å². The van der Waals surface area contributed by atoms with Crippen molar-refractivity contribution in [2.45, 2.75) is 25.5 Å². The Morgan fingerprint density at radius 1 is 1.19 bits per heavy atom. The third kappa shape index (κ3) is 4.04. The Morgan fingerprint density at radius 2 is 2.00 bits per heavy atom. The van der Waals surface area contributed by atoms with Gasteiger partial charge in [-0.2, -0.15) is 5.10 Å². The van der Waals surface area contributed by atoms with Crippen LogP contribution in [0.3, 0.4) is 0 Å². The summed E-state index contributed by atoms with van der Waals surface area (Å²) in [7, 11) is 1.65. The van der Waals surface area contributed by atoms with Crippen LogP contribution in [-0.2, 0) is 11.3 Å². The minimum absolute atomic E-state index is 0.115. The smallest absolute Gasteiger partial charge is 0.254 e. The Hall–Kier alpha value is -3.42. The molecule has 5 rings (SSSR count). The van der Waals surface area contributed by atoms with Gasteiger partial charge in [0.25, 0.3) is 5.56 Å². The SMILES string of the molecule is COc1ccc(-c2nn(-c3ccccc3)c3[nH]c(=O)c(CNCC4CCCO4)cc23)cc1. The van der Waals surface area contributed by atoms with Gasteiger partial charge in [0.1, 0.15) is 17.1 Å². The Bertz CT molecular complexity index is 1260. The predicted octanol–water partition coefficient (Wildman–Crippen LogP) is 3.66. The summed E-state index contributed by atoms with van der Waals surface area (Å²) in [6.45, 7) is 2.04. The van der Waals surface area contributed by atoms with Gasteiger partial charge in [-0.25, -0.2) is 4.68 Å². The lowest BCUT2D eigenvalue weighted by Crippen LogP contribution is -2.28. The number of pyridine rings is 1. The maximum atomic E-state index is 12.9. The zero-order valence-corrected chi connectivity index (χ0v) is 18.0. The molecule has 164 valence electrons. The van der Waals surface area contributed by atoms with Gasteiger partial charge in [0.15, 0.2) is 0 Å². The van der Waals surface area contributed by atoms with E-state index in [2.05, 4.69) is 10.3 Å². The molecule has 4 aromatic rings. The van der Waals surface area contributed by atoms with Crippen molar-refractivity contribution in [1.29, 1.82) is 0 Å². The fraction of sp³-hybridized carbons (Fsp3) is 0.280. The second-order valence-electron chi connectivity index (χ2n) is 7.98. The highest BCUT2D eigenvalue weighted by Crippen LogP contribution is 2.30. The maximum absolute atomic E-state index is 12.9. The van der Waals surface area contributed by atoms with Gasteiger partial charge >= 0.3 is 0 Å². The van der Waals surface area contributed by atoms with E-state index in [9.17, 15) is 4.79 Å². The molecule has 1 aliphatic heterocycles. The summed E-state index contributed by atoms with van der Waals surface area (Å²) < 4.78 is 12.8. The molecule has 2 aromatic carbocycles. The van der Waals surface area contributed by atoms with Crippen LogP contribution in [0.5, 0.6) is 5.75 Å². The van der Waals surface area contributed by atoms with Crippen molar-refractivity contribution in [2.24, 2.45) is 0 Å². The van der Waals surface area contributed by atoms with E-state index in [-0.39, 0.29) is 11.7 Å². The number of fused-ring (bicyclic) bond motifs is 1. The number of benzene rings is 2. The number of para-hydroxylation sites is 1. The van der Waals surface area contributed by atoms with Crippen molar-refractivity contribution >= 4 is 11.0 Å². The molecule has 2 N–H and O–H groups in total. The summed E-state index contributed by atoms with van der Waals surface area (Å²) in [6.07, 6.45) is 2.39. The molecular formula is C25H26N4O3. The quantitative estimate of drug-likeness (QED) is 0.468. The summed E-state index contributed by atoms with van der Waals surface area (Å²) in [5.74, 6) is 0.785. The topological polar surface area (TPSA) is 81.2 Å². The van der Waals surface area contributed by atoms with Crippen molar-refractivity contribution in [2.75, 3.05) is 20.3 Å². The minimum Gasteiger partial charge on any atom is -0.497 e. The highest BCUT2D eigenvalue weighted by molar-refractivity contribution is 5.92. The number of ether oxygens (including phenoxy) is 2. The molecule has 0 radical (unpaired) electrons. The molecule has 0 aliphatic carbocycles. The lowest BCUT2D eigenvalue weighted by atomic mass is 10.1. The number of aromatic amines is 1. The highest BCUT2D eigenvalue weighted by Gasteiger charge is 2.18. The average molecular weight is 431 g/mol. The first-order valence-electron chi connectivity index (χ1n) is 10.9. The number of nitrogens with zero attached hydrogens (tertiary/aromatic N) is 2. The van der Waals surface area contributed by atoms with Crippen molar-refractivity contribution in [3.63, 3.8) is 0 Å². The first kappa shape index (κ1) is 20.5. The van der Waals surface area contributed by atoms with Gasteiger partial charge in [-0.1, -0.05) is 18.2 Å². The van der Waals surface area contributed by atoms with Gasteiger partial charge in [-0.15, -0.1) is 0 Å². The molecule has 0 spiro atoms. The first-order chi connectivity index (χ1) is 15.7. The number of aromatic nitrogens is 3. The normalized spacial score (nSPS) is 16.0. The van der Waals surface area contributed by atoms with E-state index in [1.54, 1.807) is 11.8 Å². The average Bonchev–Trinajstić information content (AvgIpc) is 3.48. The van der Waals surface area contributed by atoms with E-state index >= 15 is 0 Å². The van der Waals surface area contributed by atoms with E-state index < -0.39 is 0 Å². The van der Waals surface area contributed by atoms with Crippen LogP contribution in [0.25, 0.3) is 28.0 Å². The monoisotopic (exact) mass is 430 g/mol. The van der Waals surface area contributed by atoms with Crippen LogP contribution in [0, 0.1) is 0 Å². The fourth-order valence-corrected chi connectivity index (χ4v) is 4.14. The van der Waals surface area contributed by atoms with Crippen LogP contribution in [0.1, 0.15) is 18.4 Å². The number of hydrogen-bond acceptors (Lipinski definition) is 5. The Morgan fingerprint density at radius 3 is 2.72 bits per heavy atom. The Labute approximate surface area is 186 Å². The standard InChI is InChI=1S/C25H26N4O3/c1-31-20-11-9-17(10-12-20)23-22-14-18(15-26-16-21-8-5-13-32-21)25(30)27-24(22)29(28-23)19-6-3-2-4-7-19/h2-4,6-7,9-12,14,21,26H,5,8,13,15-16H2,1H3,(H,27,30). The molecule has 1 atom stereocenters. The van der Waals surface area contributed by atoms with Gasteiger partial charge in [0.05, 0.1) is 18.9 Å². The number of hydrogen-bond donors (Lipinski definition) is 2. The highest BCUT2D eigenvalue weighted by atomic mass is 16.5. The summed E-state index contributed by atoms with van der Waals surface area (Å²) >= 11 is 0. The first-order valence-corrected chi connectivity index (χ1v) is 10.9. The summed E-state index contributed by atoms with van der Waals surface area (Å²) in [5.41, 5.74) is 3.89. The lowest BCUT2D eigenvalue weighted by molar-refractivity contribution is 0.110. The summed E-state index contributed by atoms with van der Waals surface area (Å²) in [4.78, 5) is 16.0. The van der Waals surface area contributed by atoms with Crippen LogP contribution in [0.4, 0.5) is 0 Å². The minimum atomic E-state index is -0.115. The molecule has 0 bridgehead atoms. The summed E-state index contributed by atoms with van der Waals surface area (Å²) in [5, 5.41) is 9.15. The van der Waals surface area contributed by atoms with Crippen LogP contribution in [0.15, 0.2) is 65.5 Å². The number of methoxy groups -OCH3 is 1. The molecule has 2 aromatic heterocycles. The third-order valence-electron chi connectivity index (χ3n) is 5.84. The van der Waals surface area contributed by atoms with Gasteiger partial charge in [-0.3, -0.25) is 4.79 Å². The van der Waals surface area contributed by atoms with Crippen LogP contribution in [-0.4, -0.2) is 41.1 Å². The van der Waals surface area contributed by atoms with Crippen molar-refractivity contribution < 1.29 is 9.47 Å². The molecule has 0 saturated carbocycles. The zero-order valence-electron chi connectivity index (χ0n) is 18.0. The van der Waals surface area contributed by atoms with Gasteiger partial charge < -0.3 is 19.8 Å².